The number of Topliss-reactive ketones (excluding diaryl/α,β-unsaturated/α-hetero) is 1. The zero-order chi connectivity index (χ0) is 21.8. The first-order chi connectivity index (χ1) is 15.0. The highest BCUT2D eigenvalue weighted by Gasteiger charge is 2.12. The number of fused-ring (bicyclic) bond motifs is 1. The van der Waals surface area contributed by atoms with E-state index in [9.17, 15) is 14.0 Å². The van der Waals surface area contributed by atoms with Gasteiger partial charge in [0.05, 0.1) is 11.4 Å². The molecule has 154 valence electrons. The van der Waals surface area contributed by atoms with Crippen molar-refractivity contribution in [2.75, 3.05) is 11.1 Å². The molecule has 4 aromatic rings. The molecule has 4 nitrogen and oxygen atoms in total. The van der Waals surface area contributed by atoms with Crippen LogP contribution in [-0.2, 0) is 6.42 Å². The van der Waals surface area contributed by atoms with E-state index < -0.39 is 5.82 Å². The Kier molecular flexibility index (Phi) is 5.76. The minimum Gasteiger partial charge on any atom is -0.397 e. The van der Waals surface area contributed by atoms with Crippen LogP contribution in [0, 0.1) is 5.82 Å². The van der Waals surface area contributed by atoms with Gasteiger partial charge in [-0.25, -0.2) is 4.39 Å². The lowest BCUT2D eigenvalue weighted by Crippen LogP contribution is -2.13. The molecule has 0 aromatic heterocycles. The van der Waals surface area contributed by atoms with E-state index in [0.29, 0.717) is 24.1 Å². The second-order valence-corrected chi connectivity index (χ2v) is 7.33. The second kappa shape index (κ2) is 8.79. The van der Waals surface area contributed by atoms with E-state index in [0.717, 1.165) is 21.9 Å². The van der Waals surface area contributed by atoms with E-state index in [4.69, 9.17) is 5.73 Å². The zero-order valence-electron chi connectivity index (χ0n) is 16.8. The van der Waals surface area contributed by atoms with Gasteiger partial charge in [-0.05, 0) is 53.1 Å². The molecular formula is C26H21FN2O2. The third kappa shape index (κ3) is 4.61. The van der Waals surface area contributed by atoms with Crippen LogP contribution >= 0.6 is 0 Å². The molecule has 4 rings (SSSR count). The Hall–Kier alpha value is -3.99. The summed E-state index contributed by atoms with van der Waals surface area (Å²) in [6.07, 6.45) is 0.945. The SMILES string of the molecule is Nc1ccc(F)cc1NC(=O)c1ccc(CCC(=O)c2cccc3ccccc23)cc1. The summed E-state index contributed by atoms with van der Waals surface area (Å²) in [5.74, 6) is -0.772. The Morgan fingerprint density at radius 3 is 2.42 bits per heavy atom. The largest absolute Gasteiger partial charge is 0.397 e. The summed E-state index contributed by atoms with van der Waals surface area (Å²) in [4.78, 5) is 25.2. The lowest BCUT2D eigenvalue weighted by atomic mass is 9.97. The summed E-state index contributed by atoms with van der Waals surface area (Å²) >= 11 is 0. The normalized spacial score (nSPS) is 10.7. The fourth-order valence-corrected chi connectivity index (χ4v) is 3.52. The van der Waals surface area contributed by atoms with Gasteiger partial charge < -0.3 is 11.1 Å². The third-order valence-corrected chi connectivity index (χ3v) is 5.21. The van der Waals surface area contributed by atoms with E-state index in [-0.39, 0.29) is 17.4 Å². The van der Waals surface area contributed by atoms with E-state index in [1.807, 2.05) is 54.6 Å². The summed E-state index contributed by atoms with van der Waals surface area (Å²) in [6.45, 7) is 0. The fraction of sp³-hybridized carbons (Fsp3) is 0.0769. The van der Waals surface area contributed by atoms with Crippen LogP contribution in [0.2, 0.25) is 0 Å². The molecule has 4 aromatic carbocycles. The number of anilines is 2. The molecule has 0 atom stereocenters. The number of carbonyl (C=O) groups is 2. The lowest BCUT2D eigenvalue weighted by Gasteiger charge is -2.09. The number of nitrogens with one attached hydrogen (secondary N) is 1. The molecule has 0 aliphatic rings. The Morgan fingerprint density at radius 2 is 1.61 bits per heavy atom. The maximum Gasteiger partial charge on any atom is 0.255 e. The van der Waals surface area contributed by atoms with Gasteiger partial charge in [0.15, 0.2) is 5.78 Å². The minimum absolute atomic E-state index is 0.0835. The van der Waals surface area contributed by atoms with E-state index >= 15 is 0 Å². The predicted octanol–water partition coefficient (Wildman–Crippen LogP) is 5.63. The van der Waals surface area contributed by atoms with Crippen molar-refractivity contribution in [3.63, 3.8) is 0 Å². The smallest absolute Gasteiger partial charge is 0.255 e. The first-order valence-electron chi connectivity index (χ1n) is 9.97. The van der Waals surface area contributed by atoms with Crippen LogP contribution in [0.3, 0.4) is 0 Å². The third-order valence-electron chi connectivity index (χ3n) is 5.21. The first-order valence-corrected chi connectivity index (χ1v) is 9.97. The topological polar surface area (TPSA) is 72.2 Å². The maximum absolute atomic E-state index is 13.4. The number of nitrogens with two attached hydrogens (primary N) is 1. The molecule has 0 spiro atoms. The van der Waals surface area contributed by atoms with Gasteiger partial charge in [0.25, 0.3) is 5.91 Å². The summed E-state index contributed by atoms with van der Waals surface area (Å²) in [6, 6.07) is 24.4. The van der Waals surface area contributed by atoms with Crippen molar-refractivity contribution < 1.29 is 14.0 Å². The number of nitrogen functional groups attached to an aromatic ring is 1. The van der Waals surface area contributed by atoms with Crippen molar-refractivity contribution in [1.29, 1.82) is 0 Å². The molecule has 0 heterocycles. The van der Waals surface area contributed by atoms with Gasteiger partial charge in [-0.15, -0.1) is 0 Å². The van der Waals surface area contributed by atoms with E-state index in [1.165, 1.54) is 18.2 Å². The number of rotatable bonds is 6. The highest BCUT2D eigenvalue weighted by molar-refractivity contribution is 6.08. The van der Waals surface area contributed by atoms with Crippen LogP contribution in [0.15, 0.2) is 84.9 Å². The molecule has 3 N–H and O–H groups in total. The number of hydrogen-bond donors (Lipinski definition) is 2. The number of ketones is 1. The van der Waals surface area contributed by atoms with Gasteiger partial charge in [0.2, 0.25) is 0 Å². The molecule has 0 bridgehead atoms. The van der Waals surface area contributed by atoms with Crippen LogP contribution < -0.4 is 11.1 Å². The average molecular weight is 412 g/mol. The van der Waals surface area contributed by atoms with Crippen molar-refractivity contribution in [1.82, 2.24) is 0 Å². The van der Waals surface area contributed by atoms with Gasteiger partial charge >= 0.3 is 0 Å². The van der Waals surface area contributed by atoms with Crippen LogP contribution in [0.5, 0.6) is 0 Å². The first kappa shape index (κ1) is 20.3. The number of halogens is 1. The Balaban J connectivity index is 1.41. The molecule has 0 radical (unpaired) electrons. The molecule has 31 heavy (non-hydrogen) atoms. The van der Waals surface area contributed by atoms with Crippen LogP contribution in [0.4, 0.5) is 15.8 Å². The molecular weight excluding hydrogens is 391 g/mol. The molecule has 0 aliphatic carbocycles. The quantitative estimate of drug-likeness (QED) is 0.318. The van der Waals surface area contributed by atoms with Gasteiger partial charge in [0.1, 0.15) is 5.82 Å². The minimum atomic E-state index is -0.476. The van der Waals surface area contributed by atoms with E-state index in [1.54, 1.807) is 12.1 Å². The Labute approximate surface area is 179 Å². The Morgan fingerprint density at radius 1 is 0.871 bits per heavy atom. The molecule has 0 saturated heterocycles. The van der Waals surface area contributed by atoms with E-state index in [2.05, 4.69) is 5.32 Å². The van der Waals surface area contributed by atoms with Gasteiger partial charge in [0, 0.05) is 17.5 Å². The highest BCUT2D eigenvalue weighted by atomic mass is 19.1. The van der Waals surface area contributed by atoms with Gasteiger partial charge in [-0.3, -0.25) is 9.59 Å². The van der Waals surface area contributed by atoms with Crippen LogP contribution in [-0.4, -0.2) is 11.7 Å². The molecule has 0 aliphatic heterocycles. The highest BCUT2D eigenvalue weighted by Crippen LogP contribution is 2.22. The van der Waals surface area contributed by atoms with Crippen molar-refractivity contribution in [2.45, 2.75) is 12.8 Å². The number of benzene rings is 4. The summed E-state index contributed by atoms with van der Waals surface area (Å²) in [5, 5.41) is 4.62. The number of aryl methyl sites for hydroxylation is 1. The standard InChI is InChI=1S/C26H21FN2O2/c27-20-13-14-23(28)24(16-20)29-26(31)19-11-8-17(9-12-19)10-15-25(30)22-7-3-5-18-4-1-2-6-21(18)22/h1-9,11-14,16H,10,15,28H2,(H,29,31). The molecule has 0 saturated carbocycles. The fourth-order valence-electron chi connectivity index (χ4n) is 3.52. The molecule has 0 unspecified atom stereocenters. The van der Waals surface area contributed by atoms with Crippen molar-refractivity contribution in [3.05, 3.63) is 107 Å². The monoisotopic (exact) mass is 412 g/mol. The summed E-state index contributed by atoms with van der Waals surface area (Å²) in [5.41, 5.74) is 8.40. The number of amides is 1. The van der Waals surface area contributed by atoms with Crippen molar-refractivity contribution in [2.24, 2.45) is 0 Å². The number of hydrogen-bond acceptors (Lipinski definition) is 3. The molecule has 5 heteroatoms. The van der Waals surface area contributed by atoms with Crippen molar-refractivity contribution >= 4 is 33.8 Å². The average Bonchev–Trinajstić information content (AvgIpc) is 2.79. The number of carbonyl (C=O) groups excluding carboxylic acids is 2. The second-order valence-electron chi connectivity index (χ2n) is 7.33. The predicted molar refractivity (Wildman–Crippen MR) is 122 cm³/mol. The van der Waals surface area contributed by atoms with Gasteiger partial charge in [-0.1, -0.05) is 54.6 Å². The molecule has 1 amide bonds. The zero-order valence-corrected chi connectivity index (χ0v) is 16.8. The lowest BCUT2D eigenvalue weighted by molar-refractivity contribution is 0.0982. The van der Waals surface area contributed by atoms with Crippen LogP contribution in [0.1, 0.15) is 32.7 Å². The van der Waals surface area contributed by atoms with Gasteiger partial charge in [-0.2, -0.15) is 0 Å². The van der Waals surface area contributed by atoms with Crippen molar-refractivity contribution in [3.8, 4) is 0 Å². The summed E-state index contributed by atoms with van der Waals surface area (Å²) < 4.78 is 13.4. The maximum atomic E-state index is 13.4. The molecule has 0 fully saturated rings. The summed E-state index contributed by atoms with van der Waals surface area (Å²) in [7, 11) is 0. The van der Waals surface area contributed by atoms with Crippen LogP contribution in [0.25, 0.3) is 10.8 Å². The Bertz CT molecular complexity index is 1260.